The van der Waals surface area contributed by atoms with Crippen LogP contribution in [0.25, 0.3) is 0 Å². The van der Waals surface area contributed by atoms with Gasteiger partial charge < -0.3 is 15.5 Å². The first-order valence-electron chi connectivity index (χ1n) is 10.3. The van der Waals surface area contributed by atoms with Crippen LogP contribution < -0.4 is 10.6 Å². The summed E-state index contributed by atoms with van der Waals surface area (Å²) in [4.78, 5) is 17.2. The van der Waals surface area contributed by atoms with E-state index in [0.29, 0.717) is 0 Å². The number of rotatable bonds is 4. The number of carbonyl (C=O) groups is 1. The van der Waals surface area contributed by atoms with E-state index in [0.717, 1.165) is 52.0 Å². The second-order valence-corrected chi connectivity index (χ2v) is 9.51. The number of piperidine rings is 1. The van der Waals surface area contributed by atoms with Gasteiger partial charge in [-0.05, 0) is 52.5 Å². The van der Waals surface area contributed by atoms with Crippen LogP contribution >= 0.6 is 0 Å². The van der Waals surface area contributed by atoms with Crippen LogP contribution in [0.2, 0.25) is 0 Å². The monoisotopic (exact) mass is 372 g/mol. The first kappa shape index (κ1) is 20.2. The molecule has 1 aromatic carbocycles. The largest absolute Gasteiger partial charge is 0.335 e. The average molecular weight is 373 g/mol. The van der Waals surface area contributed by atoms with Gasteiger partial charge in [-0.15, -0.1) is 0 Å². The van der Waals surface area contributed by atoms with Gasteiger partial charge in [0.1, 0.15) is 0 Å². The van der Waals surface area contributed by atoms with Gasteiger partial charge in [0.25, 0.3) is 0 Å². The van der Waals surface area contributed by atoms with E-state index >= 15 is 0 Å². The van der Waals surface area contributed by atoms with E-state index in [1.807, 2.05) is 4.90 Å². The fourth-order valence-corrected chi connectivity index (χ4v) is 4.80. The van der Waals surface area contributed by atoms with Crippen LogP contribution in [-0.2, 0) is 6.42 Å². The second kappa shape index (κ2) is 8.19. The molecule has 0 aliphatic carbocycles. The van der Waals surface area contributed by atoms with Crippen molar-refractivity contribution in [1.82, 2.24) is 20.4 Å². The highest BCUT2D eigenvalue weighted by Crippen LogP contribution is 2.28. The molecule has 1 aromatic rings. The number of hydrogen-bond acceptors (Lipinski definition) is 3. The third-order valence-corrected chi connectivity index (χ3v) is 5.74. The van der Waals surface area contributed by atoms with Gasteiger partial charge in [-0.1, -0.05) is 30.3 Å². The lowest BCUT2D eigenvalue weighted by Crippen LogP contribution is -2.63. The van der Waals surface area contributed by atoms with Gasteiger partial charge in [0, 0.05) is 49.8 Å². The molecule has 0 radical (unpaired) electrons. The van der Waals surface area contributed by atoms with Crippen LogP contribution in [0.4, 0.5) is 4.79 Å². The number of piperazine rings is 1. The summed E-state index contributed by atoms with van der Waals surface area (Å²) in [7, 11) is 0. The molecule has 3 rings (SSSR count). The van der Waals surface area contributed by atoms with E-state index in [9.17, 15) is 4.79 Å². The quantitative estimate of drug-likeness (QED) is 0.854. The highest BCUT2D eigenvalue weighted by Gasteiger charge is 2.38. The van der Waals surface area contributed by atoms with Gasteiger partial charge in [0.15, 0.2) is 0 Å². The third-order valence-electron chi connectivity index (χ3n) is 5.74. The van der Waals surface area contributed by atoms with Gasteiger partial charge in [-0.25, -0.2) is 4.79 Å². The molecule has 0 aromatic heterocycles. The van der Waals surface area contributed by atoms with Crippen molar-refractivity contribution in [3.8, 4) is 0 Å². The summed E-state index contributed by atoms with van der Waals surface area (Å²) in [6, 6.07) is 11.0. The van der Waals surface area contributed by atoms with E-state index < -0.39 is 0 Å². The summed E-state index contributed by atoms with van der Waals surface area (Å²) >= 11 is 0. The molecule has 5 heteroatoms. The van der Waals surface area contributed by atoms with Crippen LogP contribution in [0.1, 0.15) is 46.1 Å². The van der Waals surface area contributed by atoms with Gasteiger partial charge >= 0.3 is 6.03 Å². The molecule has 2 saturated heterocycles. The fourth-order valence-electron chi connectivity index (χ4n) is 4.80. The van der Waals surface area contributed by atoms with Crippen LogP contribution in [0, 0.1) is 0 Å². The lowest BCUT2D eigenvalue weighted by molar-refractivity contribution is 0.120. The Bertz CT molecular complexity index is 604. The fraction of sp³-hybridized carbons (Fsp3) is 0.682. The van der Waals surface area contributed by atoms with Gasteiger partial charge in [-0.2, -0.15) is 0 Å². The first-order valence-corrected chi connectivity index (χ1v) is 10.3. The predicted octanol–water partition coefficient (Wildman–Crippen LogP) is 2.87. The summed E-state index contributed by atoms with van der Waals surface area (Å²) in [5.74, 6) is 0. The van der Waals surface area contributed by atoms with Crippen LogP contribution in [0.5, 0.6) is 0 Å². The van der Waals surface area contributed by atoms with Gasteiger partial charge in [-0.3, -0.25) is 4.90 Å². The third kappa shape index (κ3) is 5.94. The zero-order valence-electron chi connectivity index (χ0n) is 17.4. The van der Waals surface area contributed by atoms with E-state index in [2.05, 4.69) is 73.6 Å². The lowest BCUT2D eigenvalue weighted by atomic mass is 9.80. The summed E-state index contributed by atoms with van der Waals surface area (Å²) in [6.45, 7) is 13.5. The van der Waals surface area contributed by atoms with Crippen molar-refractivity contribution in [2.24, 2.45) is 0 Å². The summed E-state index contributed by atoms with van der Waals surface area (Å²) in [5, 5.41) is 6.98. The number of hydrogen-bond donors (Lipinski definition) is 2. The second-order valence-electron chi connectivity index (χ2n) is 9.51. The zero-order valence-corrected chi connectivity index (χ0v) is 17.4. The molecule has 0 unspecified atom stereocenters. The molecule has 2 amide bonds. The van der Waals surface area contributed by atoms with Crippen LogP contribution in [0.15, 0.2) is 30.3 Å². The lowest BCUT2D eigenvalue weighted by Gasteiger charge is -2.47. The Balaban J connectivity index is 1.43. The van der Waals surface area contributed by atoms with Crippen molar-refractivity contribution in [2.75, 3.05) is 32.7 Å². The van der Waals surface area contributed by atoms with Crippen molar-refractivity contribution in [3.63, 3.8) is 0 Å². The first-order chi connectivity index (χ1) is 12.7. The SMILES string of the molecule is CC1(C)CC(NC(=O)N2CCN(CCc3ccccc3)CC2)CC(C)(C)N1. The summed E-state index contributed by atoms with van der Waals surface area (Å²) in [6.07, 6.45) is 3.02. The van der Waals surface area contributed by atoms with E-state index in [4.69, 9.17) is 0 Å². The molecule has 0 spiro atoms. The Hall–Kier alpha value is -1.59. The number of nitrogens with zero attached hydrogens (tertiary/aromatic N) is 2. The van der Waals surface area contributed by atoms with Crippen molar-refractivity contribution in [2.45, 2.75) is 64.1 Å². The van der Waals surface area contributed by atoms with E-state index in [1.165, 1.54) is 5.56 Å². The van der Waals surface area contributed by atoms with Crippen molar-refractivity contribution in [3.05, 3.63) is 35.9 Å². The van der Waals surface area contributed by atoms with Crippen molar-refractivity contribution < 1.29 is 4.79 Å². The standard InChI is InChI=1S/C22H36N4O/c1-21(2)16-19(17-22(3,4)24-21)23-20(27)26-14-12-25(13-15-26)11-10-18-8-6-5-7-9-18/h5-9,19,24H,10-17H2,1-4H3,(H,23,27). The Kier molecular flexibility index (Phi) is 6.11. The number of carbonyl (C=O) groups excluding carboxylic acids is 1. The van der Waals surface area contributed by atoms with Gasteiger partial charge in [0.2, 0.25) is 0 Å². The number of benzene rings is 1. The Labute approximate surface area is 164 Å². The molecule has 2 fully saturated rings. The topological polar surface area (TPSA) is 47.6 Å². The zero-order chi connectivity index (χ0) is 19.5. The van der Waals surface area contributed by atoms with E-state index in [1.54, 1.807) is 0 Å². The Morgan fingerprint density at radius 3 is 2.22 bits per heavy atom. The molecule has 2 aliphatic rings. The molecular weight excluding hydrogens is 336 g/mol. The molecule has 2 N–H and O–H groups in total. The van der Waals surface area contributed by atoms with Crippen molar-refractivity contribution in [1.29, 1.82) is 0 Å². The highest BCUT2D eigenvalue weighted by molar-refractivity contribution is 5.74. The molecule has 5 nitrogen and oxygen atoms in total. The van der Waals surface area contributed by atoms with Crippen LogP contribution in [0.3, 0.4) is 0 Å². The summed E-state index contributed by atoms with van der Waals surface area (Å²) < 4.78 is 0. The van der Waals surface area contributed by atoms with E-state index in [-0.39, 0.29) is 23.2 Å². The maximum Gasteiger partial charge on any atom is 0.317 e. The number of amides is 2. The molecule has 27 heavy (non-hydrogen) atoms. The molecule has 150 valence electrons. The predicted molar refractivity (Wildman–Crippen MR) is 111 cm³/mol. The Morgan fingerprint density at radius 1 is 1.04 bits per heavy atom. The van der Waals surface area contributed by atoms with Crippen molar-refractivity contribution >= 4 is 6.03 Å². The normalized spacial score (nSPS) is 23.2. The molecule has 2 heterocycles. The molecule has 2 aliphatic heterocycles. The maximum absolute atomic E-state index is 12.8. The molecule has 0 atom stereocenters. The van der Waals surface area contributed by atoms with Gasteiger partial charge in [0.05, 0.1) is 0 Å². The minimum Gasteiger partial charge on any atom is -0.335 e. The minimum absolute atomic E-state index is 0.0514. The number of urea groups is 1. The summed E-state index contributed by atoms with van der Waals surface area (Å²) in [5.41, 5.74) is 1.49. The average Bonchev–Trinajstić information content (AvgIpc) is 2.58. The highest BCUT2D eigenvalue weighted by atomic mass is 16.2. The molecular formula is C22H36N4O. The van der Waals surface area contributed by atoms with Crippen LogP contribution in [-0.4, -0.2) is 65.7 Å². The smallest absolute Gasteiger partial charge is 0.317 e. The molecule has 0 saturated carbocycles. The molecule has 0 bridgehead atoms. The Morgan fingerprint density at radius 2 is 1.63 bits per heavy atom. The number of nitrogens with one attached hydrogen (secondary N) is 2. The minimum atomic E-state index is 0.0514. The maximum atomic E-state index is 12.8.